The lowest BCUT2D eigenvalue weighted by Gasteiger charge is -2.19. The zero-order chi connectivity index (χ0) is 20.7. The van der Waals surface area contributed by atoms with E-state index in [0.29, 0.717) is 36.0 Å². The molecular weight excluding hydrogens is 358 g/mol. The molecule has 2 aromatic rings. The number of carbonyl (C=O) groups excluding carboxylic acids is 1. The van der Waals surface area contributed by atoms with Crippen molar-refractivity contribution in [3.63, 3.8) is 0 Å². The molecule has 0 unspecified atom stereocenters. The van der Waals surface area contributed by atoms with Gasteiger partial charge in [0.2, 0.25) is 5.75 Å². The number of ether oxygens (including phenoxy) is 4. The first-order valence-electron chi connectivity index (χ1n) is 9.12. The molecule has 152 valence electrons. The topological polar surface area (TPSA) is 66.0 Å². The third kappa shape index (κ3) is 5.09. The Balaban J connectivity index is 1.94. The van der Waals surface area contributed by atoms with E-state index in [9.17, 15) is 4.79 Å². The van der Waals surface area contributed by atoms with Gasteiger partial charge in [-0.15, -0.1) is 0 Å². The normalized spacial score (nSPS) is 10.9. The average Bonchev–Trinajstić information content (AvgIpc) is 2.69. The fraction of sp³-hybridized carbons (Fsp3) is 0.409. The van der Waals surface area contributed by atoms with Crippen molar-refractivity contribution < 1.29 is 23.7 Å². The smallest absolute Gasteiger partial charge is 0.255 e. The minimum atomic E-state index is -0.274. The van der Waals surface area contributed by atoms with E-state index in [1.807, 2.05) is 12.1 Å². The molecule has 0 heterocycles. The Hall–Kier alpha value is -2.89. The molecule has 2 aromatic carbocycles. The van der Waals surface area contributed by atoms with Crippen LogP contribution >= 0.6 is 0 Å². The molecule has 1 amide bonds. The van der Waals surface area contributed by atoms with E-state index < -0.39 is 0 Å². The molecule has 0 spiro atoms. The van der Waals surface area contributed by atoms with Gasteiger partial charge < -0.3 is 24.3 Å². The highest BCUT2D eigenvalue weighted by molar-refractivity contribution is 5.98. The van der Waals surface area contributed by atoms with Gasteiger partial charge in [0.1, 0.15) is 12.4 Å². The molecular formula is C22H29NO5. The van der Waals surface area contributed by atoms with E-state index in [2.05, 4.69) is 38.2 Å². The molecule has 2 rings (SSSR count). The third-order valence-electron chi connectivity index (χ3n) is 4.33. The standard InChI is InChI=1S/C22H29NO5/c1-22(2,3)15-7-9-16(10-8-15)28-14-13-23-21(24)17-11-12-18(25-4)20(27-6)19(17)26-5/h7-12H,13-14H2,1-6H3,(H,23,24). The number of hydrogen-bond donors (Lipinski definition) is 1. The predicted molar refractivity (Wildman–Crippen MR) is 109 cm³/mol. The number of methoxy groups -OCH3 is 3. The van der Waals surface area contributed by atoms with Crippen molar-refractivity contribution in [3.8, 4) is 23.0 Å². The first kappa shape index (κ1) is 21.4. The Kier molecular flexibility index (Phi) is 7.15. The molecule has 0 atom stereocenters. The van der Waals surface area contributed by atoms with E-state index in [0.717, 1.165) is 5.75 Å². The Labute approximate surface area is 166 Å². The lowest BCUT2D eigenvalue weighted by molar-refractivity contribution is 0.0943. The highest BCUT2D eigenvalue weighted by Crippen LogP contribution is 2.39. The number of carbonyl (C=O) groups is 1. The van der Waals surface area contributed by atoms with Crippen LogP contribution in [-0.2, 0) is 5.41 Å². The van der Waals surface area contributed by atoms with Gasteiger partial charge in [-0.2, -0.15) is 0 Å². The van der Waals surface area contributed by atoms with Gasteiger partial charge in [-0.05, 0) is 35.2 Å². The molecule has 6 heteroatoms. The zero-order valence-corrected chi connectivity index (χ0v) is 17.4. The summed E-state index contributed by atoms with van der Waals surface area (Å²) in [6.07, 6.45) is 0. The molecule has 1 N–H and O–H groups in total. The highest BCUT2D eigenvalue weighted by Gasteiger charge is 2.20. The summed E-state index contributed by atoms with van der Waals surface area (Å²) < 4.78 is 21.6. The predicted octanol–water partition coefficient (Wildman–Crippen LogP) is 3.82. The van der Waals surface area contributed by atoms with Gasteiger partial charge in [-0.1, -0.05) is 32.9 Å². The second-order valence-electron chi connectivity index (χ2n) is 7.26. The maximum Gasteiger partial charge on any atom is 0.255 e. The van der Waals surface area contributed by atoms with Crippen molar-refractivity contribution in [3.05, 3.63) is 47.5 Å². The Bertz CT molecular complexity index is 794. The van der Waals surface area contributed by atoms with Gasteiger partial charge in [0.15, 0.2) is 11.5 Å². The van der Waals surface area contributed by atoms with Gasteiger partial charge >= 0.3 is 0 Å². The minimum absolute atomic E-state index is 0.102. The first-order valence-corrected chi connectivity index (χ1v) is 9.12. The quantitative estimate of drug-likeness (QED) is 0.698. The molecule has 0 bridgehead atoms. The van der Waals surface area contributed by atoms with Gasteiger partial charge in [0.05, 0.1) is 33.4 Å². The lowest BCUT2D eigenvalue weighted by atomic mass is 9.87. The molecule has 6 nitrogen and oxygen atoms in total. The number of nitrogens with one attached hydrogen (secondary N) is 1. The highest BCUT2D eigenvalue weighted by atomic mass is 16.5. The second-order valence-corrected chi connectivity index (χ2v) is 7.26. The van der Waals surface area contributed by atoms with E-state index in [1.54, 1.807) is 12.1 Å². The Morgan fingerprint density at radius 2 is 1.54 bits per heavy atom. The number of amides is 1. The summed E-state index contributed by atoms with van der Waals surface area (Å²) in [5.41, 5.74) is 1.72. The van der Waals surface area contributed by atoms with E-state index in [1.165, 1.54) is 26.9 Å². The molecule has 0 aliphatic rings. The summed E-state index contributed by atoms with van der Waals surface area (Å²) in [4.78, 5) is 12.5. The summed E-state index contributed by atoms with van der Waals surface area (Å²) in [5, 5.41) is 2.83. The summed E-state index contributed by atoms with van der Waals surface area (Å²) >= 11 is 0. The zero-order valence-electron chi connectivity index (χ0n) is 17.4. The number of benzene rings is 2. The Morgan fingerprint density at radius 1 is 0.893 bits per heavy atom. The SMILES string of the molecule is COc1ccc(C(=O)NCCOc2ccc(C(C)(C)C)cc2)c(OC)c1OC. The summed E-state index contributed by atoms with van der Waals surface area (Å²) in [7, 11) is 4.52. The fourth-order valence-corrected chi connectivity index (χ4v) is 2.76. The van der Waals surface area contributed by atoms with Crippen LogP contribution in [0.4, 0.5) is 0 Å². The largest absolute Gasteiger partial charge is 0.493 e. The summed E-state index contributed by atoms with van der Waals surface area (Å²) in [6, 6.07) is 11.3. The third-order valence-corrected chi connectivity index (χ3v) is 4.33. The van der Waals surface area contributed by atoms with Gasteiger partial charge in [-0.25, -0.2) is 0 Å². The van der Waals surface area contributed by atoms with Gasteiger partial charge in [0.25, 0.3) is 5.91 Å². The van der Waals surface area contributed by atoms with Crippen molar-refractivity contribution >= 4 is 5.91 Å². The fourth-order valence-electron chi connectivity index (χ4n) is 2.76. The molecule has 28 heavy (non-hydrogen) atoms. The van der Waals surface area contributed by atoms with Crippen LogP contribution in [0.1, 0.15) is 36.7 Å². The molecule has 0 saturated carbocycles. The van der Waals surface area contributed by atoms with Gasteiger partial charge in [0, 0.05) is 0 Å². The maximum atomic E-state index is 12.5. The lowest BCUT2D eigenvalue weighted by Crippen LogP contribution is -2.28. The van der Waals surface area contributed by atoms with Crippen LogP contribution in [0.25, 0.3) is 0 Å². The summed E-state index contributed by atoms with van der Waals surface area (Å²) in [5.74, 6) is 1.71. The minimum Gasteiger partial charge on any atom is -0.493 e. The Morgan fingerprint density at radius 3 is 2.07 bits per heavy atom. The van der Waals surface area contributed by atoms with E-state index in [4.69, 9.17) is 18.9 Å². The van der Waals surface area contributed by atoms with Crippen molar-refractivity contribution in [1.29, 1.82) is 0 Å². The van der Waals surface area contributed by atoms with Crippen LogP contribution in [0.3, 0.4) is 0 Å². The molecule has 0 aliphatic heterocycles. The van der Waals surface area contributed by atoms with Crippen LogP contribution in [0.5, 0.6) is 23.0 Å². The summed E-state index contributed by atoms with van der Waals surface area (Å²) in [6.45, 7) is 7.22. The average molecular weight is 387 g/mol. The number of hydrogen-bond acceptors (Lipinski definition) is 5. The van der Waals surface area contributed by atoms with Crippen LogP contribution in [0.15, 0.2) is 36.4 Å². The van der Waals surface area contributed by atoms with Crippen molar-refractivity contribution in [2.45, 2.75) is 26.2 Å². The molecule has 0 aromatic heterocycles. The first-order chi connectivity index (χ1) is 13.3. The molecule has 0 fully saturated rings. The monoisotopic (exact) mass is 387 g/mol. The van der Waals surface area contributed by atoms with Crippen LogP contribution < -0.4 is 24.3 Å². The van der Waals surface area contributed by atoms with E-state index >= 15 is 0 Å². The molecule has 0 aliphatic carbocycles. The van der Waals surface area contributed by atoms with Crippen LogP contribution in [0.2, 0.25) is 0 Å². The molecule has 0 radical (unpaired) electrons. The van der Waals surface area contributed by atoms with Crippen LogP contribution in [0, 0.1) is 0 Å². The van der Waals surface area contributed by atoms with E-state index in [-0.39, 0.29) is 11.3 Å². The van der Waals surface area contributed by atoms with Gasteiger partial charge in [-0.3, -0.25) is 4.79 Å². The maximum absolute atomic E-state index is 12.5. The van der Waals surface area contributed by atoms with Crippen molar-refractivity contribution in [2.24, 2.45) is 0 Å². The van der Waals surface area contributed by atoms with Crippen molar-refractivity contribution in [1.82, 2.24) is 5.32 Å². The second kappa shape index (κ2) is 9.35. The van der Waals surface area contributed by atoms with Crippen LogP contribution in [-0.4, -0.2) is 40.4 Å². The molecule has 0 saturated heterocycles. The number of rotatable bonds is 8. The van der Waals surface area contributed by atoms with Crippen molar-refractivity contribution in [2.75, 3.05) is 34.5 Å².